The fraction of sp³-hybridized carbons (Fsp3) is 0.250. The molecule has 3 aromatic rings. The number of fused-ring (bicyclic) bond motifs is 1. The largest absolute Gasteiger partial charge is 0.376 e. The van der Waals surface area contributed by atoms with Gasteiger partial charge in [0.2, 0.25) is 0 Å². The minimum Gasteiger partial charge on any atom is -0.376 e. The molecule has 1 aromatic heterocycles. The van der Waals surface area contributed by atoms with Crippen LogP contribution in [0, 0.1) is 5.82 Å². The first-order chi connectivity index (χ1) is 12.2. The van der Waals surface area contributed by atoms with E-state index < -0.39 is 0 Å². The standard InChI is InChI=1S/C20H19FN2O2/c21-16-7-5-14(6-8-16)19(18-2-1-11-25-18)23-20(24)15-4-3-13-9-10-22-17(13)12-15/h3-10,12,18-19,22H,1-2,11H2,(H,23,24). The molecule has 5 heteroatoms. The average molecular weight is 338 g/mol. The second-order valence-electron chi connectivity index (χ2n) is 6.33. The van der Waals surface area contributed by atoms with E-state index in [1.165, 1.54) is 12.1 Å². The van der Waals surface area contributed by atoms with Crippen molar-refractivity contribution in [2.24, 2.45) is 0 Å². The summed E-state index contributed by atoms with van der Waals surface area (Å²) in [4.78, 5) is 15.9. The van der Waals surface area contributed by atoms with E-state index in [2.05, 4.69) is 10.3 Å². The lowest BCUT2D eigenvalue weighted by Gasteiger charge is -2.25. The molecule has 1 fully saturated rings. The van der Waals surface area contributed by atoms with Crippen LogP contribution in [0.15, 0.2) is 54.7 Å². The third kappa shape index (κ3) is 3.28. The number of rotatable bonds is 4. The molecule has 0 bridgehead atoms. The van der Waals surface area contributed by atoms with Gasteiger partial charge >= 0.3 is 0 Å². The molecular formula is C20H19FN2O2. The van der Waals surface area contributed by atoms with E-state index in [1.807, 2.05) is 30.5 Å². The van der Waals surface area contributed by atoms with E-state index in [-0.39, 0.29) is 23.9 Å². The fourth-order valence-corrected chi connectivity index (χ4v) is 3.34. The number of aromatic amines is 1. The molecule has 2 atom stereocenters. The van der Waals surface area contributed by atoms with E-state index in [9.17, 15) is 9.18 Å². The van der Waals surface area contributed by atoms with Crippen molar-refractivity contribution in [2.75, 3.05) is 6.61 Å². The van der Waals surface area contributed by atoms with Gasteiger partial charge in [0.05, 0.1) is 12.1 Å². The van der Waals surface area contributed by atoms with Gasteiger partial charge in [0.25, 0.3) is 5.91 Å². The van der Waals surface area contributed by atoms with Gasteiger partial charge in [-0.05, 0) is 54.1 Å². The van der Waals surface area contributed by atoms with E-state index in [4.69, 9.17) is 4.74 Å². The highest BCUT2D eigenvalue weighted by Crippen LogP contribution is 2.28. The molecule has 2 heterocycles. The Morgan fingerprint density at radius 2 is 2.04 bits per heavy atom. The monoisotopic (exact) mass is 338 g/mol. The van der Waals surface area contributed by atoms with Crippen LogP contribution in [-0.4, -0.2) is 23.6 Å². The van der Waals surface area contributed by atoms with Crippen LogP contribution in [0.25, 0.3) is 10.9 Å². The molecule has 0 spiro atoms. The fourth-order valence-electron chi connectivity index (χ4n) is 3.34. The predicted octanol–water partition coefficient (Wildman–Crippen LogP) is 3.96. The quantitative estimate of drug-likeness (QED) is 0.757. The maximum absolute atomic E-state index is 13.3. The highest BCUT2D eigenvalue weighted by molar-refractivity contribution is 5.98. The van der Waals surface area contributed by atoms with E-state index >= 15 is 0 Å². The first kappa shape index (κ1) is 15.8. The Bertz CT molecular complexity index is 882. The van der Waals surface area contributed by atoms with Crippen LogP contribution < -0.4 is 5.32 Å². The van der Waals surface area contributed by atoms with Crippen molar-refractivity contribution in [1.82, 2.24) is 10.3 Å². The lowest BCUT2D eigenvalue weighted by molar-refractivity contribution is 0.0672. The molecular weight excluding hydrogens is 319 g/mol. The van der Waals surface area contributed by atoms with Crippen LogP contribution in [0.1, 0.15) is 34.8 Å². The SMILES string of the molecule is O=C(NC(c1ccc(F)cc1)C1CCCO1)c1ccc2cc[nH]c2c1. The van der Waals surface area contributed by atoms with Crippen molar-refractivity contribution in [3.8, 4) is 0 Å². The predicted molar refractivity (Wildman–Crippen MR) is 93.9 cm³/mol. The van der Waals surface area contributed by atoms with Gasteiger partial charge in [-0.2, -0.15) is 0 Å². The van der Waals surface area contributed by atoms with Crippen molar-refractivity contribution in [1.29, 1.82) is 0 Å². The Labute approximate surface area is 145 Å². The molecule has 1 aliphatic heterocycles. The number of ether oxygens (including phenoxy) is 1. The second-order valence-corrected chi connectivity index (χ2v) is 6.33. The molecule has 2 N–H and O–H groups in total. The van der Waals surface area contributed by atoms with Gasteiger partial charge in [0.1, 0.15) is 5.82 Å². The number of nitrogens with one attached hydrogen (secondary N) is 2. The number of amides is 1. The molecule has 0 radical (unpaired) electrons. The number of halogens is 1. The van der Waals surface area contributed by atoms with Crippen LogP contribution in [0.5, 0.6) is 0 Å². The molecule has 0 aliphatic carbocycles. The first-order valence-electron chi connectivity index (χ1n) is 8.46. The van der Waals surface area contributed by atoms with Crippen LogP contribution >= 0.6 is 0 Å². The zero-order chi connectivity index (χ0) is 17.2. The van der Waals surface area contributed by atoms with Gasteiger partial charge in [-0.3, -0.25) is 4.79 Å². The molecule has 25 heavy (non-hydrogen) atoms. The second kappa shape index (κ2) is 6.69. The lowest BCUT2D eigenvalue weighted by Crippen LogP contribution is -2.36. The summed E-state index contributed by atoms with van der Waals surface area (Å²) in [5.41, 5.74) is 2.35. The topological polar surface area (TPSA) is 54.1 Å². The number of carbonyl (C=O) groups excluding carboxylic acids is 1. The number of hydrogen-bond acceptors (Lipinski definition) is 2. The van der Waals surface area contributed by atoms with Crippen LogP contribution in [0.2, 0.25) is 0 Å². The Hall–Kier alpha value is -2.66. The third-order valence-electron chi connectivity index (χ3n) is 4.67. The molecule has 2 aromatic carbocycles. The summed E-state index contributed by atoms with van der Waals surface area (Å²) in [6.07, 6.45) is 3.59. The number of hydrogen-bond donors (Lipinski definition) is 2. The summed E-state index contributed by atoms with van der Waals surface area (Å²) in [6.45, 7) is 0.687. The normalized spacial score (nSPS) is 18.4. The van der Waals surface area contributed by atoms with Crippen molar-refractivity contribution >= 4 is 16.8 Å². The summed E-state index contributed by atoms with van der Waals surface area (Å²) in [6, 6.07) is 13.5. The van der Waals surface area contributed by atoms with Gasteiger partial charge in [-0.15, -0.1) is 0 Å². The average Bonchev–Trinajstić information content (AvgIpc) is 3.31. The molecule has 1 aliphatic rings. The number of benzene rings is 2. The minimum atomic E-state index is -0.296. The summed E-state index contributed by atoms with van der Waals surface area (Å²) >= 11 is 0. The smallest absolute Gasteiger partial charge is 0.251 e. The molecule has 1 amide bonds. The maximum atomic E-state index is 13.3. The van der Waals surface area contributed by atoms with Gasteiger partial charge in [-0.25, -0.2) is 4.39 Å². The van der Waals surface area contributed by atoms with E-state index in [0.29, 0.717) is 12.2 Å². The molecule has 0 saturated carbocycles. The highest BCUT2D eigenvalue weighted by Gasteiger charge is 2.29. The zero-order valence-electron chi connectivity index (χ0n) is 13.7. The van der Waals surface area contributed by atoms with Crippen molar-refractivity contribution in [2.45, 2.75) is 25.0 Å². The molecule has 128 valence electrons. The summed E-state index contributed by atoms with van der Waals surface area (Å²) in [7, 11) is 0. The number of carbonyl (C=O) groups is 1. The molecule has 2 unspecified atom stereocenters. The van der Waals surface area contributed by atoms with E-state index in [0.717, 1.165) is 29.3 Å². The van der Waals surface area contributed by atoms with Gasteiger partial charge in [0, 0.05) is 23.9 Å². The Kier molecular flexibility index (Phi) is 4.24. The maximum Gasteiger partial charge on any atom is 0.251 e. The minimum absolute atomic E-state index is 0.0939. The lowest BCUT2D eigenvalue weighted by atomic mass is 9.98. The first-order valence-corrected chi connectivity index (χ1v) is 8.46. The van der Waals surface area contributed by atoms with Crippen molar-refractivity contribution < 1.29 is 13.9 Å². The number of H-pyrrole nitrogens is 1. The van der Waals surface area contributed by atoms with Gasteiger partial charge in [-0.1, -0.05) is 18.2 Å². The van der Waals surface area contributed by atoms with Crippen LogP contribution in [-0.2, 0) is 4.74 Å². The number of aromatic nitrogens is 1. The van der Waals surface area contributed by atoms with Gasteiger partial charge in [0.15, 0.2) is 0 Å². The Morgan fingerprint density at radius 1 is 1.20 bits per heavy atom. The van der Waals surface area contributed by atoms with Crippen molar-refractivity contribution in [3.05, 3.63) is 71.7 Å². The molecule has 1 saturated heterocycles. The van der Waals surface area contributed by atoms with Crippen molar-refractivity contribution in [3.63, 3.8) is 0 Å². The molecule has 4 rings (SSSR count). The Balaban J connectivity index is 1.60. The Morgan fingerprint density at radius 3 is 2.80 bits per heavy atom. The summed E-state index contributed by atoms with van der Waals surface area (Å²) in [5.74, 6) is -0.459. The summed E-state index contributed by atoms with van der Waals surface area (Å²) in [5, 5.41) is 4.13. The highest BCUT2D eigenvalue weighted by atomic mass is 19.1. The van der Waals surface area contributed by atoms with Crippen LogP contribution in [0.4, 0.5) is 4.39 Å². The third-order valence-corrected chi connectivity index (χ3v) is 4.67. The zero-order valence-corrected chi connectivity index (χ0v) is 13.7. The van der Waals surface area contributed by atoms with Crippen LogP contribution in [0.3, 0.4) is 0 Å². The van der Waals surface area contributed by atoms with Gasteiger partial charge < -0.3 is 15.0 Å². The molecule has 4 nitrogen and oxygen atoms in total. The van der Waals surface area contributed by atoms with E-state index in [1.54, 1.807) is 12.1 Å². The summed E-state index contributed by atoms with van der Waals surface area (Å²) < 4.78 is 19.0.